The van der Waals surface area contributed by atoms with E-state index in [0.717, 1.165) is 10.2 Å². The first-order chi connectivity index (χ1) is 11.1. The number of esters is 1. The minimum absolute atomic E-state index is 0.182. The number of phenols is 2. The van der Waals surface area contributed by atoms with Gasteiger partial charge in [-0.15, -0.1) is 0 Å². The monoisotopic (exact) mass is 330 g/mol. The highest BCUT2D eigenvalue weighted by molar-refractivity contribution is 7.22. The number of hydrogen-bond donors (Lipinski definition) is 3. The van der Waals surface area contributed by atoms with Crippen molar-refractivity contribution in [2.24, 2.45) is 0 Å². The average Bonchev–Trinajstić information content (AvgIpc) is 2.92. The molecule has 0 aliphatic carbocycles. The van der Waals surface area contributed by atoms with E-state index >= 15 is 0 Å². The number of nitrogens with zero attached hydrogens (tertiary/aromatic N) is 1. The maximum atomic E-state index is 11.8. The predicted molar refractivity (Wildman–Crippen MR) is 88.6 cm³/mol. The number of carbonyl (C=O) groups excluding carboxylic acids is 1. The number of rotatable bonds is 4. The summed E-state index contributed by atoms with van der Waals surface area (Å²) in [5.74, 6) is -0.750. The molecule has 0 fully saturated rings. The molecular weight excluding hydrogens is 316 g/mol. The molecule has 23 heavy (non-hydrogen) atoms. The van der Waals surface area contributed by atoms with Gasteiger partial charge in [0.25, 0.3) is 0 Å². The Morgan fingerprint density at radius 1 is 1.22 bits per heavy atom. The number of benzene rings is 2. The van der Waals surface area contributed by atoms with Gasteiger partial charge in [0.15, 0.2) is 16.6 Å². The summed E-state index contributed by atoms with van der Waals surface area (Å²) in [5.41, 5.74) is 1.84. The van der Waals surface area contributed by atoms with Crippen molar-refractivity contribution >= 4 is 38.3 Å². The van der Waals surface area contributed by atoms with Gasteiger partial charge in [-0.3, -0.25) is 0 Å². The molecule has 0 aliphatic heterocycles. The van der Waals surface area contributed by atoms with Crippen LogP contribution in [0.5, 0.6) is 11.5 Å². The molecule has 3 N–H and O–H groups in total. The lowest BCUT2D eigenvalue weighted by Crippen LogP contribution is -2.03. The maximum absolute atomic E-state index is 11.8. The van der Waals surface area contributed by atoms with Crippen LogP contribution in [0.1, 0.15) is 17.3 Å². The van der Waals surface area contributed by atoms with Gasteiger partial charge in [0.1, 0.15) is 0 Å². The highest BCUT2D eigenvalue weighted by Crippen LogP contribution is 2.32. The summed E-state index contributed by atoms with van der Waals surface area (Å²) < 4.78 is 5.83. The molecule has 2 aromatic carbocycles. The van der Waals surface area contributed by atoms with Crippen molar-refractivity contribution < 1.29 is 19.7 Å². The topological polar surface area (TPSA) is 91.7 Å². The Bertz CT molecular complexity index is 876. The Hall–Kier alpha value is -2.80. The quantitative estimate of drug-likeness (QED) is 0.384. The SMILES string of the molecule is CCOC(=O)c1ccc2nc(Nc3ccc(O)c(O)c3)sc2c1. The molecule has 0 spiro atoms. The molecule has 118 valence electrons. The Kier molecular flexibility index (Phi) is 4.03. The zero-order valence-electron chi connectivity index (χ0n) is 12.2. The maximum Gasteiger partial charge on any atom is 0.338 e. The lowest BCUT2D eigenvalue weighted by Gasteiger charge is -2.03. The molecule has 0 saturated heterocycles. The first-order valence-electron chi connectivity index (χ1n) is 6.93. The number of hydrogen-bond acceptors (Lipinski definition) is 7. The summed E-state index contributed by atoms with van der Waals surface area (Å²) in [5, 5.41) is 22.5. The van der Waals surface area contributed by atoms with Gasteiger partial charge < -0.3 is 20.3 Å². The lowest BCUT2D eigenvalue weighted by atomic mass is 10.2. The second-order valence-corrected chi connectivity index (χ2v) is 5.78. The summed E-state index contributed by atoms with van der Waals surface area (Å²) in [7, 11) is 0. The van der Waals surface area contributed by atoms with E-state index in [1.165, 1.54) is 23.5 Å². The summed E-state index contributed by atoms with van der Waals surface area (Å²) >= 11 is 1.38. The van der Waals surface area contributed by atoms with E-state index in [0.29, 0.717) is 23.0 Å². The Labute approximate surface area is 136 Å². The van der Waals surface area contributed by atoms with E-state index < -0.39 is 0 Å². The Balaban J connectivity index is 1.87. The largest absolute Gasteiger partial charge is 0.504 e. The molecule has 1 heterocycles. The number of thiazole rings is 1. The van der Waals surface area contributed by atoms with Crippen LogP contribution in [0.4, 0.5) is 10.8 Å². The molecule has 0 amide bonds. The van der Waals surface area contributed by atoms with E-state index in [4.69, 9.17) is 4.74 Å². The van der Waals surface area contributed by atoms with Crippen LogP contribution in [0, 0.1) is 0 Å². The van der Waals surface area contributed by atoms with Crippen LogP contribution < -0.4 is 5.32 Å². The molecule has 0 unspecified atom stereocenters. The number of anilines is 2. The van der Waals surface area contributed by atoms with Crippen molar-refractivity contribution in [2.75, 3.05) is 11.9 Å². The van der Waals surface area contributed by atoms with Crippen LogP contribution in [0.2, 0.25) is 0 Å². The number of aromatic hydroxyl groups is 2. The second kappa shape index (κ2) is 6.13. The van der Waals surface area contributed by atoms with Crippen molar-refractivity contribution in [3.63, 3.8) is 0 Å². The molecule has 0 saturated carbocycles. The van der Waals surface area contributed by atoms with E-state index in [2.05, 4.69) is 10.3 Å². The normalized spacial score (nSPS) is 10.7. The number of fused-ring (bicyclic) bond motifs is 1. The first kappa shape index (κ1) is 15.1. The molecule has 7 heteroatoms. The minimum atomic E-state index is -0.360. The lowest BCUT2D eigenvalue weighted by molar-refractivity contribution is 0.0526. The van der Waals surface area contributed by atoms with Gasteiger partial charge in [0, 0.05) is 11.8 Å². The zero-order chi connectivity index (χ0) is 16.4. The van der Waals surface area contributed by atoms with Crippen molar-refractivity contribution in [3.8, 4) is 11.5 Å². The second-order valence-electron chi connectivity index (χ2n) is 4.75. The van der Waals surface area contributed by atoms with E-state index in [9.17, 15) is 15.0 Å². The standard InChI is InChI=1S/C16H14N2O4S/c1-2-22-15(21)9-3-5-11-14(7-9)23-16(18-11)17-10-4-6-12(19)13(20)8-10/h3-8,19-20H,2H2,1H3,(H,17,18). The summed E-state index contributed by atoms with van der Waals surface area (Å²) in [6.07, 6.45) is 0. The Morgan fingerprint density at radius 2 is 2.04 bits per heavy atom. The number of phenolic OH excluding ortho intramolecular Hbond substituents is 2. The molecular formula is C16H14N2O4S. The van der Waals surface area contributed by atoms with E-state index in [-0.39, 0.29) is 17.5 Å². The third-order valence-electron chi connectivity index (χ3n) is 3.13. The predicted octanol–water partition coefficient (Wildman–Crippen LogP) is 3.63. The van der Waals surface area contributed by atoms with Gasteiger partial charge in [0.2, 0.25) is 0 Å². The molecule has 0 radical (unpaired) electrons. The minimum Gasteiger partial charge on any atom is -0.504 e. The van der Waals surface area contributed by atoms with Crippen LogP contribution in [0.3, 0.4) is 0 Å². The molecule has 0 aliphatic rings. The van der Waals surface area contributed by atoms with Crippen LogP contribution in [-0.2, 0) is 4.74 Å². The van der Waals surface area contributed by atoms with Gasteiger partial charge in [-0.25, -0.2) is 9.78 Å². The number of carbonyl (C=O) groups is 1. The number of aromatic nitrogens is 1. The van der Waals surface area contributed by atoms with Gasteiger partial charge in [-0.1, -0.05) is 11.3 Å². The summed E-state index contributed by atoms with van der Waals surface area (Å²) in [4.78, 5) is 16.2. The Morgan fingerprint density at radius 3 is 2.78 bits per heavy atom. The highest BCUT2D eigenvalue weighted by Gasteiger charge is 2.11. The van der Waals surface area contributed by atoms with Crippen molar-refractivity contribution in [1.29, 1.82) is 0 Å². The van der Waals surface area contributed by atoms with Gasteiger partial charge in [-0.05, 0) is 37.3 Å². The highest BCUT2D eigenvalue weighted by atomic mass is 32.1. The molecule has 1 aromatic heterocycles. The first-order valence-corrected chi connectivity index (χ1v) is 7.75. The van der Waals surface area contributed by atoms with E-state index in [1.54, 1.807) is 31.2 Å². The number of nitrogens with one attached hydrogen (secondary N) is 1. The zero-order valence-corrected chi connectivity index (χ0v) is 13.1. The van der Waals surface area contributed by atoms with Gasteiger partial charge in [-0.2, -0.15) is 0 Å². The number of ether oxygens (including phenoxy) is 1. The van der Waals surface area contributed by atoms with Gasteiger partial charge in [0.05, 0.1) is 22.4 Å². The molecule has 0 atom stereocenters. The molecule has 0 bridgehead atoms. The third-order valence-corrected chi connectivity index (χ3v) is 4.06. The fraction of sp³-hybridized carbons (Fsp3) is 0.125. The van der Waals surface area contributed by atoms with E-state index in [1.807, 2.05) is 0 Å². The molecule has 3 aromatic rings. The smallest absolute Gasteiger partial charge is 0.338 e. The van der Waals surface area contributed by atoms with Crippen LogP contribution in [0.25, 0.3) is 10.2 Å². The summed E-state index contributed by atoms with van der Waals surface area (Å²) in [6, 6.07) is 9.61. The average molecular weight is 330 g/mol. The fourth-order valence-corrected chi connectivity index (χ4v) is 2.97. The fourth-order valence-electron chi connectivity index (χ4n) is 2.04. The van der Waals surface area contributed by atoms with Crippen LogP contribution in [0.15, 0.2) is 36.4 Å². The van der Waals surface area contributed by atoms with Crippen LogP contribution in [-0.4, -0.2) is 27.8 Å². The molecule has 3 rings (SSSR count). The van der Waals surface area contributed by atoms with Crippen molar-refractivity contribution in [3.05, 3.63) is 42.0 Å². The molecule has 6 nitrogen and oxygen atoms in total. The third kappa shape index (κ3) is 3.19. The van der Waals surface area contributed by atoms with Gasteiger partial charge >= 0.3 is 5.97 Å². The summed E-state index contributed by atoms with van der Waals surface area (Å²) in [6.45, 7) is 2.09. The van der Waals surface area contributed by atoms with Crippen molar-refractivity contribution in [1.82, 2.24) is 4.98 Å². The van der Waals surface area contributed by atoms with Crippen molar-refractivity contribution in [2.45, 2.75) is 6.92 Å². The van der Waals surface area contributed by atoms with Crippen LogP contribution >= 0.6 is 11.3 Å².